The molecule has 0 unspecified atom stereocenters. The van der Waals surface area contributed by atoms with Crippen LogP contribution in [0.15, 0.2) is 23.0 Å². The molecule has 2 heterocycles. The van der Waals surface area contributed by atoms with Crippen molar-refractivity contribution in [2.75, 3.05) is 0 Å². The number of aromatic amines is 1. The third kappa shape index (κ3) is 1.50. The van der Waals surface area contributed by atoms with Crippen LogP contribution in [-0.4, -0.2) is 10.8 Å². The molecule has 0 radical (unpaired) electrons. The van der Waals surface area contributed by atoms with Crippen molar-refractivity contribution in [3.05, 3.63) is 46.7 Å². The van der Waals surface area contributed by atoms with Crippen molar-refractivity contribution < 1.29 is 9.21 Å². The molecule has 2 rings (SSSR count). The fourth-order valence-electron chi connectivity index (χ4n) is 1.61. The van der Waals surface area contributed by atoms with Gasteiger partial charge in [0.05, 0.1) is 17.5 Å². The second-order valence-electron chi connectivity index (χ2n) is 3.72. The quantitative estimate of drug-likeness (QED) is 0.763. The molecule has 0 saturated carbocycles. The van der Waals surface area contributed by atoms with Gasteiger partial charge in [-0.25, -0.2) is 0 Å². The lowest BCUT2D eigenvalue weighted by Crippen LogP contribution is -2.02. The molecule has 78 valence electrons. The van der Waals surface area contributed by atoms with Gasteiger partial charge >= 0.3 is 0 Å². The van der Waals surface area contributed by atoms with E-state index in [9.17, 15) is 4.79 Å². The minimum absolute atomic E-state index is 0.0162. The van der Waals surface area contributed by atoms with E-state index in [1.807, 2.05) is 20.8 Å². The van der Waals surface area contributed by atoms with Crippen molar-refractivity contribution in [2.45, 2.75) is 20.8 Å². The van der Waals surface area contributed by atoms with E-state index in [4.69, 9.17) is 4.42 Å². The standard InChI is InChI=1S/C12H13NO2/c1-7-8(2)11(13-9(7)3)12(14)10-4-5-15-6-10/h4-6,13H,1-3H3. The van der Waals surface area contributed by atoms with Gasteiger partial charge in [0.1, 0.15) is 6.26 Å². The van der Waals surface area contributed by atoms with Crippen LogP contribution in [0.5, 0.6) is 0 Å². The highest BCUT2D eigenvalue weighted by molar-refractivity contribution is 6.08. The Kier molecular flexibility index (Phi) is 2.23. The van der Waals surface area contributed by atoms with Gasteiger partial charge in [-0.3, -0.25) is 4.79 Å². The van der Waals surface area contributed by atoms with Crippen LogP contribution in [0.2, 0.25) is 0 Å². The summed E-state index contributed by atoms with van der Waals surface area (Å²) in [5, 5.41) is 0. The van der Waals surface area contributed by atoms with Crippen LogP contribution in [0.3, 0.4) is 0 Å². The molecule has 0 amide bonds. The number of ketones is 1. The molecule has 15 heavy (non-hydrogen) atoms. The number of nitrogens with one attached hydrogen (secondary N) is 1. The molecule has 0 bridgehead atoms. The van der Waals surface area contributed by atoms with E-state index in [-0.39, 0.29) is 5.78 Å². The van der Waals surface area contributed by atoms with E-state index in [2.05, 4.69) is 4.98 Å². The van der Waals surface area contributed by atoms with Gasteiger partial charge in [-0.15, -0.1) is 0 Å². The summed E-state index contributed by atoms with van der Waals surface area (Å²) in [4.78, 5) is 15.1. The Morgan fingerprint density at radius 1 is 1.27 bits per heavy atom. The maximum Gasteiger partial charge on any atom is 0.212 e. The van der Waals surface area contributed by atoms with Crippen LogP contribution < -0.4 is 0 Å². The van der Waals surface area contributed by atoms with Crippen LogP contribution in [-0.2, 0) is 0 Å². The monoisotopic (exact) mass is 203 g/mol. The Bertz CT molecular complexity index is 492. The largest absolute Gasteiger partial charge is 0.472 e. The van der Waals surface area contributed by atoms with E-state index >= 15 is 0 Å². The number of aryl methyl sites for hydroxylation is 1. The summed E-state index contributed by atoms with van der Waals surface area (Å²) in [7, 11) is 0. The van der Waals surface area contributed by atoms with E-state index in [0.29, 0.717) is 11.3 Å². The van der Waals surface area contributed by atoms with Crippen LogP contribution >= 0.6 is 0 Å². The number of hydrogen-bond donors (Lipinski definition) is 1. The molecule has 0 atom stereocenters. The smallest absolute Gasteiger partial charge is 0.212 e. The van der Waals surface area contributed by atoms with Crippen LogP contribution in [0.4, 0.5) is 0 Å². The summed E-state index contributed by atoms with van der Waals surface area (Å²) >= 11 is 0. The van der Waals surface area contributed by atoms with E-state index in [1.165, 1.54) is 12.5 Å². The number of aromatic nitrogens is 1. The number of furan rings is 1. The molecule has 0 fully saturated rings. The van der Waals surface area contributed by atoms with Gasteiger partial charge in [0.2, 0.25) is 5.78 Å². The van der Waals surface area contributed by atoms with Crippen LogP contribution in [0, 0.1) is 20.8 Å². The van der Waals surface area contributed by atoms with Gasteiger partial charge in [0, 0.05) is 5.69 Å². The third-order valence-electron chi connectivity index (χ3n) is 2.82. The highest BCUT2D eigenvalue weighted by atomic mass is 16.3. The third-order valence-corrected chi connectivity index (χ3v) is 2.82. The molecule has 0 aliphatic heterocycles. The second-order valence-corrected chi connectivity index (χ2v) is 3.72. The first-order valence-electron chi connectivity index (χ1n) is 4.84. The maximum atomic E-state index is 12.0. The lowest BCUT2D eigenvalue weighted by Gasteiger charge is -1.96. The molecule has 2 aromatic heterocycles. The minimum Gasteiger partial charge on any atom is -0.472 e. The van der Waals surface area contributed by atoms with Gasteiger partial charge < -0.3 is 9.40 Å². The Labute approximate surface area is 88.1 Å². The molecule has 3 heteroatoms. The molecule has 0 spiro atoms. The van der Waals surface area contributed by atoms with E-state index < -0.39 is 0 Å². The first-order chi connectivity index (χ1) is 7.11. The minimum atomic E-state index is -0.0162. The topological polar surface area (TPSA) is 46.0 Å². The Balaban J connectivity index is 2.47. The highest BCUT2D eigenvalue weighted by Crippen LogP contribution is 2.19. The van der Waals surface area contributed by atoms with Crippen molar-refractivity contribution in [1.29, 1.82) is 0 Å². The van der Waals surface area contributed by atoms with Gasteiger partial charge in [0.15, 0.2) is 0 Å². The number of carbonyl (C=O) groups is 1. The molecular formula is C12H13NO2. The lowest BCUT2D eigenvalue weighted by atomic mass is 10.1. The summed E-state index contributed by atoms with van der Waals surface area (Å²) in [6, 6.07) is 1.67. The first-order valence-corrected chi connectivity index (χ1v) is 4.84. The maximum absolute atomic E-state index is 12.0. The molecule has 0 aromatic carbocycles. The fourth-order valence-corrected chi connectivity index (χ4v) is 1.61. The van der Waals surface area contributed by atoms with Crippen molar-refractivity contribution in [2.24, 2.45) is 0 Å². The average Bonchev–Trinajstić information content (AvgIpc) is 2.82. The SMILES string of the molecule is Cc1[nH]c(C(=O)c2ccoc2)c(C)c1C. The first kappa shape index (κ1) is 9.77. The number of carbonyl (C=O) groups excluding carboxylic acids is 1. The summed E-state index contributed by atoms with van der Waals surface area (Å²) in [6.45, 7) is 5.92. The fraction of sp³-hybridized carbons (Fsp3) is 0.250. The van der Waals surface area contributed by atoms with Gasteiger partial charge in [-0.2, -0.15) is 0 Å². The van der Waals surface area contributed by atoms with Crippen LogP contribution in [0.1, 0.15) is 32.9 Å². The molecule has 2 aromatic rings. The molecule has 3 nitrogen and oxygen atoms in total. The number of hydrogen-bond acceptors (Lipinski definition) is 2. The molecular weight excluding hydrogens is 190 g/mol. The predicted octanol–water partition coefficient (Wildman–Crippen LogP) is 2.76. The van der Waals surface area contributed by atoms with Gasteiger partial charge in [0.25, 0.3) is 0 Å². The van der Waals surface area contributed by atoms with Crippen molar-refractivity contribution >= 4 is 5.78 Å². The lowest BCUT2D eigenvalue weighted by molar-refractivity contribution is 0.103. The zero-order chi connectivity index (χ0) is 11.0. The summed E-state index contributed by atoms with van der Waals surface area (Å²) in [5.74, 6) is -0.0162. The Morgan fingerprint density at radius 3 is 2.47 bits per heavy atom. The normalized spacial score (nSPS) is 10.6. The van der Waals surface area contributed by atoms with Crippen molar-refractivity contribution in [1.82, 2.24) is 4.98 Å². The van der Waals surface area contributed by atoms with Gasteiger partial charge in [-0.1, -0.05) is 0 Å². The summed E-state index contributed by atoms with van der Waals surface area (Å²) in [6.07, 6.45) is 2.97. The van der Waals surface area contributed by atoms with Crippen molar-refractivity contribution in [3.8, 4) is 0 Å². The zero-order valence-electron chi connectivity index (χ0n) is 9.05. The number of H-pyrrole nitrogens is 1. The zero-order valence-corrected chi connectivity index (χ0v) is 9.05. The van der Waals surface area contributed by atoms with Gasteiger partial charge in [-0.05, 0) is 38.0 Å². The Morgan fingerprint density at radius 2 is 2.00 bits per heavy atom. The van der Waals surface area contributed by atoms with E-state index in [0.717, 1.165) is 16.8 Å². The molecule has 1 N–H and O–H groups in total. The summed E-state index contributed by atoms with van der Waals surface area (Å²) < 4.78 is 4.90. The highest BCUT2D eigenvalue weighted by Gasteiger charge is 2.17. The molecule has 0 saturated heterocycles. The van der Waals surface area contributed by atoms with Crippen molar-refractivity contribution in [3.63, 3.8) is 0 Å². The predicted molar refractivity (Wildman–Crippen MR) is 57.1 cm³/mol. The average molecular weight is 203 g/mol. The second kappa shape index (κ2) is 3.42. The Hall–Kier alpha value is -1.77. The molecule has 0 aliphatic rings. The summed E-state index contributed by atoms with van der Waals surface area (Å²) in [5.41, 5.74) is 4.44. The molecule has 0 aliphatic carbocycles. The van der Waals surface area contributed by atoms with Crippen LogP contribution in [0.25, 0.3) is 0 Å². The van der Waals surface area contributed by atoms with E-state index in [1.54, 1.807) is 6.07 Å². The number of rotatable bonds is 2.